The number of piperazine rings is 1. The van der Waals surface area contributed by atoms with Gasteiger partial charge in [-0.1, -0.05) is 32.9 Å². The van der Waals surface area contributed by atoms with E-state index in [9.17, 15) is 0 Å². The quantitative estimate of drug-likeness (QED) is 0.783. The third-order valence-electron chi connectivity index (χ3n) is 5.18. The second kappa shape index (κ2) is 6.41. The predicted molar refractivity (Wildman–Crippen MR) is 83.4 cm³/mol. The molecule has 1 N–H and O–H groups in total. The van der Waals surface area contributed by atoms with Crippen molar-refractivity contribution in [2.45, 2.75) is 65.0 Å². The standard InChI is InChI=1S/C17H32N2/c1-5-17(4)13-19(16(11-18-17)14(2)3)12-15-9-7-6-8-10-15/h6-7,14-16,18H,5,8-13H2,1-4H3. The molecule has 1 heterocycles. The summed E-state index contributed by atoms with van der Waals surface area (Å²) in [7, 11) is 0. The second-order valence-electron chi connectivity index (χ2n) is 7.19. The Balaban J connectivity index is 2.00. The van der Waals surface area contributed by atoms with Gasteiger partial charge in [0.05, 0.1) is 0 Å². The molecule has 1 saturated heterocycles. The fourth-order valence-corrected chi connectivity index (χ4v) is 3.55. The monoisotopic (exact) mass is 264 g/mol. The van der Waals surface area contributed by atoms with Crippen LogP contribution in [-0.4, -0.2) is 36.1 Å². The highest BCUT2D eigenvalue weighted by Gasteiger charge is 2.36. The van der Waals surface area contributed by atoms with Gasteiger partial charge in [-0.3, -0.25) is 4.90 Å². The highest BCUT2D eigenvalue weighted by molar-refractivity contribution is 4.97. The molecule has 3 unspecified atom stereocenters. The van der Waals surface area contributed by atoms with Crippen LogP contribution in [0, 0.1) is 11.8 Å². The zero-order chi connectivity index (χ0) is 13.9. The lowest BCUT2D eigenvalue weighted by Crippen LogP contribution is -2.64. The van der Waals surface area contributed by atoms with E-state index >= 15 is 0 Å². The number of hydrogen-bond donors (Lipinski definition) is 1. The maximum atomic E-state index is 3.79. The van der Waals surface area contributed by atoms with Gasteiger partial charge in [0.15, 0.2) is 0 Å². The molecule has 1 fully saturated rings. The largest absolute Gasteiger partial charge is 0.309 e. The molecule has 0 aromatic rings. The van der Waals surface area contributed by atoms with E-state index in [0.29, 0.717) is 11.6 Å². The lowest BCUT2D eigenvalue weighted by atomic mass is 9.87. The molecular weight excluding hydrogens is 232 g/mol. The van der Waals surface area contributed by atoms with E-state index in [4.69, 9.17) is 0 Å². The minimum absolute atomic E-state index is 0.315. The fourth-order valence-electron chi connectivity index (χ4n) is 3.55. The van der Waals surface area contributed by atoms with E-state index in [1.807, 2.05) is 0 Å². The zero-order valence-corrected chi connectivity index (χ0v) is 13.3. The molecule has 0 aromatic heterocycles. The first-order valence-electron chi connectivity index (χ1n) is 8.18. The van der Waals surface area contributed by atoms with Crippen LogP contribution in [0.4, 0.5) is 0 Å². The Bertz CT molecular complexity index is 310. The molecule has 2 aliphatic rings. The third kappa shape index (κ3) is 3.82. The van der Waals surface area contributed by atoms with Gasteiger partial charge in [-0.05, 0) is 44.4 Å². The van der Waals surface area contributed by atoms with Gasteiger partial charge in [-0.2, -0.15) is 0 Å². The Hall–Kier alpha value is -0.340. The fraction of sp³-hybridized carbons (Fsp3) is 0.882. The van der Waals surface area contributed by atoms with Crippen LogP contribution in [0.3, 0.4) is 0 Å². The van der Waals surface area contributed by atoms with Gasteiger partial charge in [0, 0.05) is 31.2 Å². The normalized spacial score (nSPS) is 36.9. The van der Waals surface area contributed by atoms with Gasteiger partial charge >= 0.3 is 0 Å². The Morgan fingerprint density at radius 3 is 2.74 bits per heavy atom. The first kappa shape index (κ1) is 15.1. The Morgan fingerprint density at radius 2 is 2.16 bits per heavy atom. The Labute approximate surface area is 119 Å². The molecule has 110 valence electrons. The van der Waals surface area contributed by atoms with Gasteiger partial charge in [0.2, 0.25) is 0 Å². The summed E-state index contributed by atoms with van der Waals surface area (Å²) in [5.41, 5.74) is 0.315. The molecule has 0 radical (unpaired) electrons. The average Bonchev–Trinajstić information content (AvgIpc) is 2.40. The minimum Gasteiger partial charge on any atom is -0.309 e. The Kier molecular flexibility index (Phi) is 5.08. The van der Waals surface area contributed by atoms with E-state index < -0.39 is 0 Å². The molecule has 19 heavy (non-hydrogen) atoms. The van der Waals surface area contributed by atoms with Crippen LogP contribution in [0.1, 0.15) is 53.4 Å². The molecule has 0 aromatic carbocycles. The lowest BCUT2D eigenvalue weighted by Gasteiger charge is -2.48. The Morgan fingerprint density at radius 1 is 1.37 bits per heavy atom. The molecule has 0 saturated carbocycles. The predicted octanol–water partition coefficient (Wildman–Crippen LogP) is 3.44. The molecule has 0 amide bonds. The molecule has 2 rings (SSSR count). The molecule has 0 spiro atoms. The highest BCUT2D eigenvalue weighted by atomic mass is 15.3. The van der Waals surface area contributed by atoms with Crippen molar-refractivity contribution < 1.29 is 0 Å². The topological polar surface area (TPSA) is 15.3 Å². The molecule has 0 bridgehead atoms. The van der Waals surface area contributed by atoms with Crippen LogP contribution in [0.15, 0.2) is 12.2 Å². The molecule has 2 heteroatoms. The summed E-state index contributed by atoms with van der Waals surface area (Å²) >= 11 is 0. The lowest BCUT2D eigenvalue weighted by molar-refractivity contribution is 0.0459. The molecule has 1 aliphatic heterocycles. The summed E-state index contributed by atoms with van der Waals surface area (Å²) in [6.45, 7) is 13.1. The third-order valence-corrected chi connectivity index (χ3v) is 5.18. The van der Waals surface area contributed by atoms with Gasteiger partial charge in [-0.15, -0.1) is 0 Å². The first-order chi connectivity index (χ1) is 9.04. The molecule has 1 aliphatic carbocycles. The van der Waals surface area contributed by atoms with Gasteiger partial charge < -0.3 is 5.32 Å². The van der Waals surface area contributed by atoms with Gasteiger partial charge in [0.1, 0.15) is 0 Å². The highest BCUT2D eigenvalue weighted by Crippen LogP contribution is 2.27. The maximum Gasteiger partial charge on any atom is 0.0278 e. The number of hydrogen-bond acceptors (Lipinski definition) is 2. The molecular formula is C17H32N2. The summed E-state index contributed by atoms with van der Waals surface area (Å²) in [5.74, 6) is 1.62. The second-order valence-corrected chi connectivity index (χ2v) is 7.19. The SMILES string of the molecule is CCC1(C)CN(CC2CC=CCC2)C(C(C)C)CN1. The number of rotatable bonds is 4. The van der Waals surface area contributed by atoms with E-state index in [0.717, 1.165) is 18.4 Å². The van der Waals surface area contributed by atoms with E-state index in [2.05, 4.69) is 50.1 Å². The van der Waals surface area contributed by atoms with Crippen LogP contribution in [-0.2, 0) is 0 Å². The summed E-state index contributed by atoms with van der Waals surface area (Å²) in [4.78, 5) is 2.79. The average molecular weight is 264 g/mol. The van der Waals surface area contributed by atoms with Crippen molar-refractivity contribution >= 4 is 0 Å². The number of nitrogens with one attached hydrogen (secondary N) is 1. The summed E-state index contributed by atoms with van der Waals surface area (Å²) < 4.78 is 0. The van der Waals surface area contributed by atoms with Crippen LogP contribution >= 0.6 is 0 Å². The van der Waals surface area contributed by atoms with Gasteiger partial charge in [0.25, 0.3) is 0 Å². The summed E-state index contributed by atoms with van der Waals surface area (Å²) in [6.07, 6.45) is 9.92. The van der Waals surface area contributed by atoms with Crippen molar-refractivity contribution in [1.82, 2.24) is 10.2 Å². The molecule has 2 nitrogen and oxygen atoms in total. The molecule has 3 atom stereocenters. The van der Waals surface area contributed by atoms with Crippen molar-refractivity contribution in [1.29, 1.82) is 0 Å². The summed E-state index contributed by atoms with van der Waals surface area (Å²) in [6, 6.07) is 0.713. The number of allylic oxidation sites excluding steroid dienone is 2. The van der Waals surface area contributed by atoms with E-state index in [1.54, 1.807) is 0 Å². The zero-order valence-electron chi connectivity index (χ0n) is 13.3. The minimum atomic E-state index is 0.315. The van der Waals surface area contributed by atoms with Crippen molar-refractivity contribution in [3.05, 3.63) is 12.2 Å². The van der Waals surface area contributed by atoms with Gasteiger partial charge in [-0.25, -0.2) is 0 Å². The van der Waals surface area contributed by atoms with Crippen molar-refractivity contribution in [3.63, 3.8) is 0 Å². The van der Waals surface area contributed by atoms with E-state index in [-0.39, 0.29) is 0 Å². The van der Waals surface area contributed by atoms with Crippen molar-refractivity contribution in [2.24, 2.45) is 11.8 Å². The maximum absolute atomic E-state index is 3.79. The number of nitrogens with zero attached hydrogens (tertiary/aromatic N) is 1. The van der Waals surface area contributed by atoms with Crippen molar-refractivity contribution in [3.8, 4) is 0 Å². The first-order valence-corrected chi connectivity index (χ1v) is 8.18. The van der Waals surface area contributed by atoms with Crippen LogP contribution in [0.2, 0.25) is 0 Å². The van der Waals surface area contributed by atoms with Crippen LogP contribution in [0.25, 0.3) is 0 Å². The van der Waals surface area contributed by atoms with E-state index in [1.165, 1.54) is 38.8 Å². The van der Waals surface area contributed by atoms with Crippen LogP contribution < -0.4 is 5.32 Å². The summed E-state index contributed by atoms with van der Waals surface area (Å²) in [5, 5.41) is 3.79. The smallest absolute Gasteiger partial charge is 0.0278 e. The van der Waals surface area contributed by atoms with Crippen molar-refractivity contribution in [2.75, 3.05) is 19.6 Å². The van der Waals surface area contributed by atoms with Crippen LogP contribution in [0.5, 0.6) is 0 Å².